The van der Waals surface area contributed by atoms with E-state index in [1.165, 1.54) is 4.98 Å². The van der Waals surface area contributed by atoms with Gasteiger partial charge < -0.3 is 9.72 Å². The Bertz CT molecular complexity index is 515. The van der Waals surface area contributed by atoms with Gasteiger partial charge in [-0.3, -0.25) is 4.79 Å². The van der Waals surface area contributed by atoms with Gasteiger partial charge in [0.2, 0.25) is 0 Å². The molecule has 0 aliphatic heterocycles. The lowest BCUT2D eigenvalue weighted by Gasteiger charge is -2.16. The molecule has 0 fully saturated rings. The largest absolute Gasteiger partial charge is 0.573 e. The van der Waals surface area contributed by atoms with Crippen LogP contribution in [-0.2, 0) is 6.18 Å². The summed E-state index contributed by atoms with van der Waals surface area (Å²) >= 11 is 0. The minimum Gasteiger partial charge on any atom is -0.404 e. The van der Waals surface area contributed by atoms with Crippen molar-refractivity contribution in [1.82, 2.24) is 4.98 Å². The molecule has 0 radical (unpaired) electrons. The van der Waals surface area contributed by atoms with Gasteiger partial charge in [0.1, 0.15) is 5.56 Å². The van der Waals surface area contributed by atoms with E-state index in [4.69, 9.17) is 0 Å². The van der Waals surface area contributed by atoms with Gasteiger partial charge in [0.15, 0.2) is 5.75 Å². The third-order valence-corrected chi connectivity index (χ3v) is 1.82. The lowest BCUT2D eigenvalue weighted by Crippen LogP contribution is -2.27. The van der Waals surface area contributed by atoms with Crippen LogP contribution in [0.5, 0.6) is 5.75 Å². The summed E-state index contributed by atoms with van der Waals surface area (Å²) in [6.45, 7) is 0. The Morgan fingerprint density at radius 1 is 1.11 bits per heavy atom. The third kappa shape index (κ3) is 3.58. The molecule has 0 bridgehead atoms. The summed E-state index contributed by atoms with van der Waals surface area (Å²) in [5.41, 5.74) is -6.57. The standard InChI is InChI=1S/C8H3F8NO2/c9-5(10)3-2(19-8(14,15)16)1-17-6(18)4(3)7(11,12)13/h1,5H,(H,17,18). The molecule has 0 atom stereocenters. The molecule has 1 rings (SSSR count). The summed E-state index contributed by atoms with van der Waals surface area (Å²) in [6.07, 6.45) is -15.0. The molecular formula is C8H3F8NO2. The monoisotopic (exact) mass is 297 g/mol. The Hall–Kier alpha value is -1.81. The van der Waals surface area contributed by atoms with Crippen LogP contribution in [0.1, 0.15) is 17.6 Å². The normalized spacial score (nSPS) is 12.9. The van der Waals surface area contributed by atoms with Crippen molar-refractivity contribution in [3.05, 3.63) is 27.7 Å². The van der Waals surface area contributed by atoms with Crippen molar-refractivity contribution in [1.29, 1.82) is 0 Å². The minimum atomic E-state index is -5.55. The van der Waals surface area contributed by atoms with E-state index in [-0.39, 0.29) is 6.20 Å². The highest BCUT2D eigenvalue weighted by atomic mass is 19.4. The van der Waals surface area contributed by atoms with Crippen LogP contribution in [-0.4, -0.2) is 11.3 Å². The number of hydrogen-bond donors (Lipinski definition) is 1. The van der Waals surface area contributed by atoms with Crippen molar-refractivity contribution < 1.29 is 39.9 Å². The van der Waals surface area contributed by atoms with Gasteiger partial charge in [-0.2, -0.15) is 13.2 Å². The molecule has 0 saturated carbocycles. The third-order valence-electron chi connectivity index (χ3n) is 1.82. The molecule has 0 unspecified atom stereocenters. The van der Waals surface area contributed by atoms with Crippen LogP contribution >= 0.6 is 0 Å². The molecule has 11 heteroatoms. The van der Waals surface area contributed by atoms with Crippen LogP contribution in [0.25, 0.3) is 0 Å². The van der Waals surface area contributed by atoms with Crippen LogP contribution in [0.15, 0.2) is 11.0 Å². The summed E-state index contributed by atoms with van der Waals surface area (Å²) in [5, 5.41) is 0. The maximum absolute atomic E-state index is 12.5. The van der Waals surface area contributed by atoms with Crippen LogP contribution in [0.4, 0.5) is 35.1 Å². The number of alkyl halides is 8. The number of halogens is 8. The zero-order valence-corrected chi connectivity index (χ0v) is 8.49. The van der Waals surface area contributed by atoms with Gasteiger partial charge in [0.25, 0.3) is 12.0 Å². The summed E-state index contributed by atoms with van der Waals surface area (Å²) in [6, 6.07) is 0. The fourth-order valence-corrected chi connectivity index (χ4v) is 1.23. The minimum absolute atomic E-state index is 0.00738. The zero-order chi connectivity index (χ0) is 15.0. The van der Waals surface area contributed by atoms with Crippen LogP contribution in [0.3, 0.4) is 0 Å². The summed E-state index contributed by atoms with van der Waals surface area (Å²) in [7, 11) is 0. The molecule has 0 aliphatic carbocycles. The number of aromatic amines is 1. The number of ether oxygens (including phenoxy) is 1. The second kappa shape index (κ2) is 4.70. The van der Waals surface area contributed by atoms with Crippen molar-refractivity contribution in [2.45, 2.75) is 19.0 Å². The summed E-state index contributed by atoms with van der Waals surface area (Å²) in [5.74, 6) is -1.81. The molecule has 0 spiro atoms. The molecule has 0 amide bonds. The molecule has 1 heterocycles. The molecule has 1 aromatic heterocycles. The van der Waals surface area contributed by atoms with Crippen molar-refractivity contribution in [2.24, 2.45) is 0 Å². The highest BCUT2D eigenvalue weighted by Crippen LogP contribution is 2.39. The molecule has 1 aromatic rings. The SMILES string of the molecule is O=c1[nH]cc(OC(F)(F)F)c(C(F)F)c1C(F)(F)F. The lowest BCUT2D eigenvalue weighted by molar-refractivity contribution is -0.275. The first-order valence-corrected chi connectivity index (χ1v) is 4.30. The predicted molar refractivity (Wildman–Crippen MR) is 43.7 cm³/mol. The Morgan fingerprint density at radius 3 is 2.00 bits per heavy atom. The number of aromatic nitrogens is 1. The van der Waals surface area contributed by atoms with E-state index >= 15 is 0 Å². The van der Waals surface area contributed by atoms with Gasteiger partial charge in [-0.25, -0.2) is 8.78 Å². The van der Waals surface area contributed by atoms with E-state index < -0.39 is 41.4 Å². The Kier molecular flexibility index (Phi) is 3.77. The van der Waals surface area contributed by atoms with Crippen LogP contribution in [0, 0.1) is 0 Å². The van der Waals surface area contributed by atoms with Crippen molar-refractivity contribution in [2.75, 3.05) is 0 Å². The van der Waals surface area contributed by atoms with Gasteiger partial charge in [-0.1, -0.05) is 0 Å². The molecule has 19 heavy (non-hydrogen) atoms. The topological polar surface area (TPSA) is 42.1 Å². The van der Waals surface area contributed by atoms with E-state index in [1.54, 1.807) is 0 Å². The Labute approximate surface area is 98.3 Å². The zero-order valence-electron chi connectivity index (χ0n) is 8.49. The second-order valence-electron chi connectivity index (χ2n) is 3.12. The smallest absolute Gasteiger partial charge is 0.404 e. The van der Waals surface area contributed by atoms with Crippen molar-refractivity contribution >= 4 is 0 Å². The number of nitrogens with one attached hydrogen (secondary N) is 1. The first-order valence-electron chi connectivity index (χ1n) is 4.30. The predicted octanol–water partition coefficient (Wildman–Crippen LogP) is 3.23. The Morgan fingerprint density at radius 2 is 1.63 bits per heavy atom. The Balaban J connectivity index is 3.56. The van der Waals surface area contributed by atoms with E-state index in [0.717, 1.165) is 0 Å². The molecule has 108 valence electrons. The molecule has 0 aliphatic rings. The number of pyridine rings is 1. The highest BCUT2D eigenvalue weighted by Gasteiger charge is 2.43. The van der Waals surface area contributed by atoms with Crippen molar-refractivity contribution in [3.63, 3.8) is 0 Å². The summed E-state index contributed by atoms with van der Waals surface area (Å²) < 4.78 is 101. The first kappa shape index (κ1) is 15.2. The fraction of sp³-hybridized carbons (Fsp3) is 0.375. The van der Waals surface area contributed by atoms with Crippen LogP contribution in [0.2, 0.25) is 0 Å². The lowest BCUT2D eigenvalue weighted by atomic mass is 10.1. The number of hydrogen-bond acceptors (Lipinski definition) is 2. The van der Waals surface area contributed by atoms with Gasteiger partial charge in [-0.15, -0.1) is 13.2 Å². The second-order valence-corrected chi connectivity index (χ2v) is 3.12. The highest BCUT2D eigenvalue weighted by molar-refractivity contribution is 5.39. The van der Waals surface area contributed by atoms with E-state index in [2.05, 4.69) is 4.74 Å². The van der Waals surface area contributed by atoms with E-state index in [1.807, 2.05) is 0 Å². The van der Waals surface area contributed by atoms with Gasteiger partial charge >= 0.3 is 12.5 Å². The summed E-state index contributed by atoms with van der Waals surface area (Å²) in [4.78, 5) is 12.1. The average Bonchev–Trinajstić information content (AvgIpc) is 2.15. The quantitative estimate of drug-likeness (QED) is 0.852. The van der Waals surface area contributed by atoms with Gasteiger partial charge in [-0.05, 0) is 0 Å². The van der Waals surface area contributed by atoms with E-state index in [9.17, 15) is 39.9 Å². The molecule has 3 nitrogen and oxygen atoms in total. The van der Waals surface area contributed by atoms with Gasteiger partial charge in [0.05, 0.1) is 5.56 Å². The molecule has 1 N–H and O–H groups in total. The van der Waals surface area contributed by atoms with Crippen LogP contribution < -0.4 is 10.3 Å². The maximum atomic E-state index is 12.5. The molecule has 0 saturated heterocycles. The van der Waals surface area contributed by atoms with Gasteiger partial charge in [0, 0.05) is 6.20 Å². The average molecular weight is 297 g/mol. The molecular weight excluding hydrogens is 294 g/mol. The number of rotatable bonds is 2. The maximum Gasteiger partial charge on any atom is 0.573 e. The van der Waals surface area contributed by atoms with Crippen molar-refractivity contribution in [3.8, 4) is 5.75 Å². The fourth-order valence-electron chi connectivity index (χ4n) is 1.23. The van der Waals surface area contributed by atoms with E-state index in [0.29, 0.717) is 0 Å². The number of H-pyrrole nitrogens is 1. The molecule has 0 aromatic carbocycles. The first-order chi connectivity index (χ1) is 8.43.